The number of nitrogens with zero attached hydrogens (tertiary/aromatic N) is 1. The summed E-state index contributed by atoms with van der Waals surface area (Å²) in [5.74, 6) is 0.0319. The maximum atomic E-state index is 11.8. The Morgan fingerprint density at radius 1 is 1.35 bits per heavy atom. The van der Waals surface area contributed by atoms with Crippen molar-refractivity contribution in [1.29, 1.82) is 0 Å². The zero-order chi connectivity index (χ0) is 11.3. The number of carbonyl (C=O) groups is 1. The minimum absolute atomic E-state index is 0. The van der Waals surface area contributed by atoms with Gasteiger partial charge in [0.2, 0.25) is 5.91 Å². The molecule has 1 fully saturated rings. The summed E-state index contributed by atoms with van der Waals surface area (Å²) in [7, 11) is 2.04. The molecule has 6 heteroatoms. The summed E-state index contributed by atoms with van der Waals surface area (Å²) in [5.41, 5.74) is 5.45. The highest BCUT2D eigenvalue weighted by Crippen LogP contribution is 2.26. The van der Waals surface area contributed by atoms with Gasteiger partial charge >= 0.3 is 0 Å². The number of hydrogen-bond acceptors (Lipinski definition) is 3. The number of amides is 1. The van der Waals surface area contributed by atoms with Gasteiger partial charge in [-0.25, -0.2) is 0 Å². The quantitative estimate of drug-likeness (QED) is 0.797. The van der Waals surface area contributed by atoms with E-state index in [2.05, 4.69) is 17.1 Å². The fraction of sp³-hybridized carbons (Fsp3) is 0.909. The molecule has 0 unspecified atom stereocenters. The zero-order valence-electron chi connectivity index (χ0n) is 10.7. The van der Waals surface area contributed by atoms with Gasteiger partial charge in [0.05, 0.1) is 5.54 Å². The molecule has 0 saturated heterocycles. The summed E-state index contributed by atoms with van der Waals surface area (Å²) in [6, 6.07) is 0. The predicted octanol–water partition coefficient (Wildman–Crippen LogP) is 1.17. The summed E-state index contributed by atoms with van der Waals surface area (Å²) in [4.78, 5) is 13.9. The van der Waals surface area contributed by atoms with E-state index in [1.807, 2.05) is 7.05 Å². The van der Waals surface area contributed by atoms with Crippen LogP contribution in [0.4, 0.5) is 0 Å². The standard InChI is InChI=1S/C11H23N3O.2ClH/c1-3-14(2)9-8-13-10(15)11(12)6-4-5-7-11;;/h3-9,12H2,1-2H3,(H,13,15);2*1H. The first-order chi connectivity index (χ1) is 7.08. The van der Waals surface area contributed by atoms with Gasteiger partial charge in [0.25, 0.3) is 0 Å². The molecule has 1 rings (SSSR count). The number of halogens is 2. The summed E-state index contributed by atoms with van der Waals surface area (Å²) in [5, 5.41) is 2.92. The van der Waals surface area contributed by atoms with Gasteiger partial charge < -0.3 is 16.0 Å². The van der Waals surface area contributed by atoms with E-state index >= 15 is 0 Å². The van der Waals surface area contributed by atoms with Crippen LogP contribution in [0.15, 0.2) is 0 Å². The second-order valence-electron chi connectivity index (χ2n) is 4.52. The first kappa shape index (κ1) is 19.3. The van der Waals surface area contributed by atoms with Gasteiger partial charge in [-0.3, -0.25) is 4.79 Å². The van der Waals surface area contributed by atoms with Gasteiger partial charge in [0.1, 0.15) is 0 Å². The molecule has 0 atom stereocenters. The largest absolute Gasteiger partial charge is 0.353 e. The molecule has 1 saturated carbocycles. The van der Waals surface area contributed by atoms with Crippen LogP contribution in [0, 0.1) is 0 Å². The van der Waals surface area contributed by atoms with Crippen LogP contribution < -0.4 is 11.1 Å². The predicted molar refractivity (Wildman–Crippen MR) is 76.1 cm³/mol. The number of hydrogen-bond donors (Lipinski definition) is 2. The first-order valence-electron chi connectivity index (χ1n) is 5.84. The average Bonchev–Trinajstić information content (AvgIpc) is 2.66. The van der Waals surface area contributed by atoms with Crippen LogP contribution in [0.3, 0.4) is 0 Å². The van der Waals surface area contributed by atoms with Crippen molar-refractivity contribution >= 4 is 30.7 Å². The van der Waals surface area contributed by atoms with Crippen molar-refractivity contribution in [3.8, 4) is 0 Å². The van der Waals surface area contributed by atoms with E-state index in [-0.39, 0.29) is 30.7 Å². The van der Waals surface area contributed by atoms with Crippen LogP contribution >= 0.6 is 24.8 Å². The van der Waals surface area contributed by atoms with Crippen molar-refractivity contribution in [3.05, 3.63) is 0 Å². The molecule has 1 aliphatic rings. The monoisotopic (exact) mass is 285 g/mol. The molecule has 0 aromatic heterocycles. The number of rotatable bonds is 5. The van der Waals surface area contributed by atoms with Crippen LogP contribution in [0.5, 0.6) is 0 Å². The molecule has 0 bridgehead atoms. The van der Waals surface area contributed by atoms with Crippen molar-refractivity contribution in [2.24, 2.45) is 5.73 Å². The number of likely N-dealkylation sites (N-methyl/N-ethyl adjacent to an activating group) is 1. The molecule has 104 valence electrons. The highest BCUT2D eigenvalue weighted by Gasteiger charge is 2.36. The van der Waals surface area contributed by atoms with E-state index in [1.54, 1.807) is 0 Å². The lowest BCUT2D eigenvalue weighted by Gasteiger charge is -2.23. The average molecular weight is 286 g/mol. The van der Waals surface area contributed by atoms with Gasteiger partial charge in [0.15, 0.2) is 0 Å². The summed E-state index contributed by atoms with van der Waals surface area (Å²) in [6.07, 6.45) is 3.84. The molecular weight excluding hydrogens is 261 g/mol. The van der Waals surface area contributed by atoms with E-state index in [1.165, 1.54) is 0 Å². The smallest absolute Gasteiger partial charge is 0.240 e. The topological polar surface area (TPSA) is 58.4 Å². The van der Waals surface area contributed by atoms with E-state index in [0.29, 0.717) is 6.54 Å². The molecule has 0 spiro atoms. The fourth-order valence-electron chi connectivity index (χ4n) is 1.93. The minimum atomic E-state index is -0.579. The summed E-state index contributed by atoms with van der Waals surface area (Å²) in [6.45, 7) is 4.69. The normalized spacial score (nSPS) is 17.2. The van der Waals surface area contributed by atoms with Crippen molar-refractivity contribution in [2.75, 3.05) is 26.7 Å². The molecule has 3 N–H and O–H groups in total. The Morgan fingerprint density at radius 3 is 2.35 bits per heavy atom. The van der Waals surface area contributed by atoms with Crippen LogP contribution in [-0.2, 0) is 4.79 Å². The fourth-order valence-corrected chi connectivity index (χ4v) is 1.93. The molecule has 4 nitrogen and oxygen atoms in total. The van der Waals surface area contributed by atoms with Gasteiger partial charge in [-0.1, -0.05) is 19.8 Å². The zero-order valence-corrected chi connectivity index (χ0v) is 12.3. The molecule has 0 heterocycles. The van der Waals surface area contributed by atoms with Crippen molar-refractivity contribution in [2.45, 2.75) is 38.1 Å². The van der Waals surface area contributed by atoms with Crippen LogP contribution in [-0.4, -0.2) is 43.0 Å². The van der Waals surface area contributed by atoms with Crippen LogP contribution in [0.2, 0.25) is 0 Å². The lowest BCUT2D eigenvalue weighted by molar-refractivity contribution is -0.126. The van der Waals surface area contributed by atoms with Crippen molar-refractivity contribution in [3.63, 3.8) is 0 Å². The molecule has 0 radical (unpaired) electrons. The number of nitrogens with one attached hydrogen (secondary N) is 1. The minimum Gasteiger partial charge on any atom is -0.353 e. The first-order valence-corrected chi connectivity index (χ1v) is 5.84. The third kappa shape index (κ3) is 5.91. The van der Waals surface area contributed by atoms with Crippen LogP contribution in [0.1, 0.15) is 32.6 Å². The van der Waals surface area contributed by atoms with Crippen molar-refractivity contribution in [1.82, 2.24) is 10.2 Å². The molecule has 1 amide bonds. The SMILES string of the molecule is CCN(C)CCNC(=O)C1(N)CCCC1.Cl.Cl. The molecular formula is C11H25Cl2N3O. The lowest BCUT2D eigenvalue weighted by atomic mass is 9.98. The Morgan fingerprint density at radius 2 is 1.88 bits per heavy atom. The van der Waals surface area contributed by atoms with Crippen LogP contribution in [0.25, 0.3) is 0 Å². The third-order valence-corrected chi connectivity index (χ3v) is 3.27. The second kappa shape index (κ2) is 8.97. The highest BCUT2D eigenvalue weighted by molar-refractivity contribution is 5.86. The van der Waals surface area contributed by atoms with E-state index in [9.17, 15) is 4.79 Å². The molecule has 0 aromatic carbocycles. The van der Waals surface area contributed by atoms with Gasteiger partial charge in [-0.2, -0.15) is 0 Å². The Balaban J connectivity index is 0. The maximum Gasteiger partial charge on any atom is 0.240 e. The van der Waals surface area contributed by atoms with E-state index < -0.39 is 5.54 Å². The summed E-state index contributed by atoms with van der Waals surface area (Å²) >= 11 is 0. The van der Waals surface area contributed by atoms with Gasteiger partial charge in [-0.05, 0) is 26.4 Å². The van der Waals surface area contributed by atoms with E-state index in [0.717, 1.165) is 38.8 Å². The number of carbonyl (C=O) groups excluding carboxylic acids is 1. The highest BCUT2D eigenvalue weighted by atomic mass is 35.5. The number of nitrogens with two attached hydrogens (primary N) is 1. The Kier molecular flexibility index (Phi) is 10.2. The molecule has 0 aliphatic heterocycles. The summed E-state index contributed by atoms with van der Waals surface area (Å²) < 4.78 is 0. The Bertz CT molecular complexity index is 221. The van der Waals surface area contributed by atoms with Gasteiger partial charge in [0, 0.05) is 13.1 Å². The molecule has 17 heavy (non-hydrogen) atoms. The lowest BCUT2D eigenvalue weighted by Crippen LogP contribution is -2.52. The van der Waals surface area contributed by atoms with Crippen molar-refractivity contribution < 1.29 is 4.79 Å². The van der Waals surface area contributed by atoms with Gasteiger partial charge in [-0.15, -0.1) is 24.8 Å². The molecule has 0 aromatic rings. The third-order valence-electron chi connectivity index (χ3n) is 3.27. The second-order valence-corrected chi connectivity index (χ2v) is 4.52. The van der Waals surface area contributed by atoms with E-state index in [4.69, 9.17) is 5.73 Å². The maximum absolute atomic E-state index is 11.8. The molecule has 1 aliphatic carbocycles. The Labute approximate surface area is 117 Å². The Hall–Kier alpha value is -0.0300.